The highest BCUT2D eigenvalue weighted by molar-refractivity contribution is 6.13. The van der Waals surface area contributed by atoms with Crippen molar-refractivity contribution in [3.05, 3.63) is 198 Å². The van der Waals surface area contributed by atoms with Gasteiger partial charge in [-0.2, -0.15) is 0 Å². The Bertz CT molecular complexity index is 2330. The zero-order valence-corrected chi connectivity index (χ0v) is 26.7. The van der Waals surface area contributed by atoms with Crippen LogP contribution in [0.5, 0.6) is 0 Å². The lowest BCUT2D eigenvalue weighted by atomic mass is 9.93. The smallest absolute Gasteiger partial charge is 0.159 e. The molecule has 2 atom stereocenters. The maximum Gasteiger partial charge on any atom is 0.159 e. The Labute approximate surface area is 285 Å². The van der Waals surface area contributed by atoms with Crippen molar-refractivity contribution < 1.29 is 0 Å². The second-order valence-electron chi connectivity index (χ2n) is 12.3. The van der Waals surface area contributed by atoms with Crippen molar-refractivity contribution in [2.45, 2.75) is 12.3 Å². The van der Waals surface area contributed by atoms with Gasteiger partial charge in [0.1, 0.15) is 18.2 Å². The second-order valence-corrected chi connectivity index (χ2v) is 12.3. The van der Waals surface area contributed by atoms with Gasteiger partial charge in [-0.3, -0.25) is 0 Å². The van der Waals surface area contributed by atoms with Crippen molar-refractivity contribution >= 4 is 39.5 Å². The van der Waals surface area contributed by atoms with E-state index < -0.39 is 0 Å². The SMILES string of the molecule is c1ccc(C2=NC(c3ccc(-c4ccc(C5Nc6ccccc6N5c5ccccc5)cc4)c4ccccc34)NC(c3ccccc3)=N2)cc1. The zero-order chi connectivity index (χ0) is 32.6. The number of para-hydroxylation sites is 3. The fourth-order valence-corrected chi connectivity index (χ4v) is 6.99. The lowest BCUT2D eigenvalue weighted by Crippen LogP contribution is -2.33. The van der Waals surface area contributed by atoms with Gasteiger partial charge in [0.15, 0.2) is 5.84 Å². The molecule has 7 aromatic rings. The number of benzene rings is 7. The van der Waals surface area contributed by atoms with Crippen LogP contribution in [0, 0.1) is 0 Å². The van der Waals surface area contributed by atoms with E-state index in [0.29, 0.717) is 0 Å². The minimum absolute atomic E-state index is 0.0116. The summed E-state index contributed by atoms with van der Waals surface area (Å²) < 4.78 is 0. The van der Waals surface area contributed by atoms with Gasteiger partial charge in [0.25, 0.3) is 0 Å². The van der Waals surface area contributed by atoms with E-state index in [1.807, 2.05) is 36.4 Å². The summed E-state index contributed by atoms with van der Waals surface area (Å²) in [6.07, 6.45) is -0.314. The molecule has 2 N–H and O–H groups in total. The largest absolute Gasteiger partial charge is 0.359 e. The van der Waals surface area contributed by atoms with Gasteiger partial charge in [0, 0.05) is 22.4 Å². The van der Waals surface area contributed by atoms with Gasteiger partial charge in [-0.15, -0.1) is 0 Å². The number of aliphatic imine (C=N–C) groups is 2. The third-order valence-electron chi connectivity index (χ3n) is 9.36. The molecule has 234 valence electrons. The average Bonchev–Trinajstić information content (AvgIpc) is 3.58. The summed E-state index contributed by atoms with van der Waals surface area (Å²) in [5, 5.41) is 9.76. The van der Waals surface area contributed by atoms with E-state index in [1.54, 1.807) is 0 Å². The van der Waals surface area contributed by atoms with Crippen molar-refractivity contribution in [3.8, 4) is 11.1 Å². The molecule has 0 amide bonds. The minimum Gasteiger partial charge on any atom is -0.359 e. The molecule has 0 saturated carbocycles. The van der Waals surface area contributed by atoms with E-state index in [4.69, 9.17) is 9.98 Å². The van der Waals surface area contributed by atoms with E-state index >= 15 is 0 Å². The first kappa shape index (κ1) is 28.7. The molecule has 9 rings (SSSR count). The first-order valence-electron chi connectivity index (χ1n) is 16.7. The van der Waals surface area contributed by atoms with Crippen molar-refractivity contribution in [3.63, 3.8) is 0 Å². The predicted octanol–water partition coefficient (Wildman–Crippen LogP) is 10.3. The van der Waals surface area contributed by atoms with Crippen LogP contribution in [-0.2, 0) is 0 Å². The molecule has 2 heterocycles. The number of hydrogen-bond donors (Lipinski definition) is 2. The summed E-state index contributed by atoms with van der Waals surface area (Å²) >= 11 is 0. The molecule has 2 aliphatic rings. The maximum atomic E-state index is 5.16. The summed E-state index contributed by atoms with van der Waals surface area (Å²) in [6, 6.07) is 61.7. The maximum absolute atomic E-state index is 5.16. The molecule has 0 aliphatic carbocycles. The highest BCUT2D eigenvalue weighted by atomic mass is 15.3. The van der Waals surface area contributed by atoms with E-state index in [2.05, 4.69) is 155 Å². The molecule has 7 aromatic carbocycles. The lowest BCUT2D eigenvalue weighted by molar-refractivity contribution is 0.679. The van der Waals surface area contributed by atoms with E-state index in [9.17, 15) is 0 Å². The van der Waals surface area contributed by atoms with Crippen LogP contribution in [0.2, 0.25) is 0 Å². The number of amidine groups is 2. The number of anilines is 3. The first-order chi connectivity index (χ1) is 24.3. The molecule has 2 unspecified atom stereocenters. The van der Waals surface area contributed by atoms with Crippen LogP contribution in [0.15, 0.2) is 186 Å². The molecule has 0 radical (unpaired) electrons. The first-order valence-corrected chi connectivity index (χ1v) is 16.7. The van der Waals surface area contributed by atoms with Crippen LogP contribution in [0.25, 0.3) is 21.9 Å². The molecule has 0 saturated heterocycles. The second kappa shape index (κ2) is 12.3. The quantitative estimate of drug-likeness (QED) is 0.192. The molecular formula is C44H33N5. The minimum atomic E-state index is -0.303. The lowest BCUT2D eigenvalue weighted by Gasteiger charge is -2.27. The van der Waals surface area contributed by atoms with Gasteiger partial charge in [0.05, 0.1) is 11.4 Å². The molecule has 5 nitrogen and oxygen atoms in total. The summed E-state index contributed by atoms with van der Waals surface area (Å²) in [4.78, 5) is 12.5. The molecular weight excluding hydrogens is 599 g/mol. The summed E-state index contributed by atoms with van der Waals surface area (Å²) in [7, 11) is 0. The number of nitrogens with zero attached hydrogens (tertiary/aromatic N) is 3. The highest BCUT2D eigenvalue weighted by Gasteiger charge is 2.31. The van der Waals surface area contributed by atoms with Gasteiger partial charge < -0.3 is 15.5 Å². The predicted molar refractivity (Wildman–Crippen MR) is 203 cm³/mol. The number of nitrogens with one attached hydrogen (secondary N) is 2. The molecule has 0 spiro atoms. The van der Waals surface area contributed by atoms with E-state index in [1.165, 1.54) is 27.8 Å². The molecule has 0 fully saturated rings. The zero-order valence-electron chi connectivity index (χ0n) is 26.7. The van der Waals surface area contributed by atoms with Crippen molar-refractivity contribution in [2.24, 2.45) is 9.98 Å². The van der Waals surface area contributed by atoms with Gasteiger partial charge in [-0.1, -0.05) is 152 Å². The molecule has 0 aromatic heterocycles. The Kier molecular flexibility index (Phi) is 7.21. The van der Waals surface area contributed by atoms with Gasteiger partial charge in [-0.05, 0) is 51.7 Å². The number of rotatable bonds is 6. The fraction of sp³-hybridized carbons (Fsp3) is 0.0455. The monoisotopic (exact) mass is 631 g/mol. The third kappa shape index (κ3) is 5.31. The van der Waals surface area contributed by atoms with Crippen LogP contribution in [0.4, 0.5) is 17.1 Å². The van der Waals surface area contributed by atoms with Crippen molar-refractivity contribution in [2.75, 3.05) is 10.2 Å². The van der Waals surface area contributed by atoms with Gasteiger partial charge in [-0.25, -0.2) is 9.98 Å². The molecule has 5 heteroatoms. The average molecular weight is 632 g/mol. The summed E-state index contributed by atoms with van der Waals surface area (Å²) in [6.45, 7) is 0. The van der Waals surface area contributed by atoms with E-state index in [0.717, 1.165) is 45.1 Å². The Balaban J connectivity index is 1.08. The van der Waals surface area contributed by atoms with Gasteiger partial charge >= 0.3 is 0 Å². The molecule has 2 aliphatic heterocycles. The van der Waals surface area contributed by atoms with Crippen LogP contribution in [0.1, 0.15) is 34.6 Å². The third-order valence-corrected chi connectivity index (χ3v) is 9.36. The van der Waals surface area contributed by atoms with Crippen LogP contribution in [-0.4, -0.2) is 11.7 Å². The van der Waals surface area contributed by atoms with Crippen molar-refractivity contribution in [1.29, 1.82) is 0 Å². The Hall–Kier alpha value is -6.46. The summed E-state index contributed by atoms with van der Waals surface area (Å²) in [5.41, 5.74) is 10.2. The Morgan fingerprint density at radius 1 is 0.490 bits per heavy atom. The number of hydrogen-bond acceptors (Lipinski definition) is 5. The van der Waals surface area contributed by atoms with Gasteiger partial charge in [0.2, 0.25) is 0 Å². The Morgan fingerprint density at radius 3 is 1.88 bits per heavy atom. The van der Waals surface area contributed by atoms with Crippen LogP contribution >= 0.6 is 0 Å². The van der Waals surface area contributed by atoms with Crippen LogP contribution < -0.4 is 15.5 Å². The summed E-state index contributed by atoms with van der Waals surface area (Å²) in [5.74, 6) is 1.54. The number of fused-ring (bicyclic) bond motifs is 2. The Morgan fingerprint density at radius 2 is 1.12 bits per heavy atom. The molecule has 49 heavy (non-hydrogen) atoms. The molecule has 0 bridgehead atoms. The standard InChI is InChI=1S/C44H33N5/c1-4-14-31(15-5-1)41-46-42(32-16-6-2-7-17-32)48-43(47-41)38-29-28-35(36-20-10-11-21-37(36)38)30-24-26-33(27-25-30)44-45-39-22-12-13-23-40(39)49(44)34-18-8-3-9-19-34/h1-29,43-45H,(H,46,47,48). The van der Waals surface area contributed by atoms with Crippen LogP contribution in [0.3, 0.4) is 0 Å². The fourth-order valence-electron chi connectivity index (χ4n) is 6.99. The normalized spacial score (nSPS) is 16.7. The topological polar surface area (TPSA) is 52.0 Å². The highest BCUT2D eigenvalue weighted by Crippen LogP contribution is 2.46. The van der Waals surface area contributed by atoms with E-state index in [-0.39, 0.29) is 12.3 Å². The van der Waals surface area contributed by atoms with Crippen molar-refractivity contribution in [1.82, 2.24) is 5.32 Å².